The van der Waals surface area contributed by atoms with Crippen molar-refractivity contribution in [1.29, 1.82) is 0 Å². The van der Waals surface area contributed by atoms with E-state index < -0.39 is 5.41 Å². The van der Waals surface area contributed by atoms with Gasteiger partial charge in [-0.1, -0.05) is 59.3 Å². The first-order valence-electron chi connectivity index (χ1n) is 11.3. The Labute approximate surface area is 195 Å². The van der Waals surface area contributed by atoms with Gasteiger partial charge in [0, 0.05) is 33.4 Å². The highest BCUT2D eigenvalue weighted by Gasteiger charge is 2.46. The van der Waals surface area contributed by atoms with Crippen LogP contribution < -0.4 is 0 Å². The van der Waals surface area contributed by atoms with Crippen molar-refractivity contribution in [2.24, 2.45) is 5.41 Å². The van der Waals surface area contributed by atoms with Crippen molar-refractivity contribution in [3.63, 3.8) is 0 Å². The topological polar surface area (TPSA) is 71.3 Å². The zero-order valence-corrected chi connectivity index (χ0v) is 19.8. The van der Waals surface area contributed by atoms with Gasteiger partial charge in [-0.15, -0.1) is 5.10 Å². The highest BCUT2D eigenvalue weighted by atomic mass is 16.2. The van der Waals surface area contributed by atoms with E-state index in [0.717, 1.165) is 22.4 Å². The summed E-state index contributed by atoms with van der Waals surface area (Å²) >= 11 is 0. The SMILES string of the molecule is Cc1ccc(-c2cccc(C[C@@]3(C(=O)N(C)C)CCN(C(=O)Cn4cc(C)nn4)C3)c2)cc1. The lowest BCUT2D eigenvalue weighted by Crippen LogP contribution is -2.45. The number of hydrogen-bond donors (Lipinski definition) is 0. The molecule has 2 heterocycles. The van der Waals surface area contributed by atoms with Gasteiger partial charge in [-0.25, -0.2) is 4.68 Å². The molecule has 2 amide bonds. The Kier molecular flexibility index (Phi) is 6.31. The molecule has 1 aliphatic rings. The summed E-state index contributed by atoms with van der Waals surface area (Å²) in [5.41, 5.74) is 4.75. The third kappa shape index (κ3) is 4.97. The van der Waals surface area contributed by atoms with Crippen LogP contribution in [-0.4, -0.2) is 63.8 Å². The molecule has 0 saturated carbocycles. The summed E-state index contributed by atoms with van der Waals surface area (Å²) in [6.45, 7) is 5.02. The maximum Gasteiger partial charge on any atom is 0.244 e. The van der Waals surface area contributed by atoms with Gasteiger partial charge in [-0.2, -0.15) is 0 Å². The minimum Gasteiger partial charge on any atom is -0.348 e. The average molecular weight is 446 g/mol. The molecule has 1 aromatic heterocycles. The largest absolute Gasteiger partial charge is 0.348 e. The highest BCUT2D eigenvalue weighted by Crippen LogP contribution is 2.37. The second-order valence-electron chi connectivity index (χ2n) is 9.35. The lowest BCUT2D eigenvalue weighted by Gasteiger charge is -2.31. The quantitative estimate of drug-likeness (QED) is 0.585. The number of rotatable bonds is 6. The molecule has 1 fully saturated rings. The van der Waals surface area contributed by atoms with Crippen LogP contribution in [0, 0.1) is 19.3 Å². The van der Waals surface area contributed by atoms with Crippen molar-refractivity contribution >= 4 is 11.8 Å². The molecule has 1 saturated heterocycles. The van der Waals surface area contributed by atoms with Gasteiger partial charge in [0.1, 0.15) is 6.54 Å². The predicted molar refractivity (Wildman–Crippen MR) is 127 cm³/mol. The molecule has 1 atom stereocenters. The lowest BCUT2D eigenvalue weighted by molar-refractivity contribution is -0.139. The minimum atomic E-state index is -0.636. The molecule has 0 N–H and O–H groups in total. The van der Waals surface area contributed by atoms with E-state index in [4.69, 9.17) is 0 Å². The third-order valence-corrected chi connectivity index (χ3v) is 6.37. The molecule has 2 aromatic carbocycles. The number of hydrogen-bond acceptors (Lipinski definition) is 4. The number of carbonyl (C=O) groups is 2. The Morgan fingerprint density at radius 3 is 2.48 bits per heavy atom. The summed E-state index contributed by atoms with van der Waals surface area (Å²) in [6, 6.07) is 16.8. The van der Waals surface area contributed by atoms with Crippen LogP contribution in [0.2, 0.25) is 0 Å². The van der Waals surface area contributed by atoms with E-state index in [1.54, 1.807) is 34.8 Å². The van der Waals surface area contributed by atoms with Crippen LogP contribution in [0.5, 0.6) is 0 Å². The second kappa shape index (κ2) is 9.17. The van der Waals surface area contributed by atoms with Crippen LogP contribution in [0.4, 0.5) is 0 Å². The fourth-order valence-corrected chi connectivity index (χ4v) is 4.66. The molecular formula is C26H31N5O2. The molecule has 0 spiro atoms. The maximum absolute atomic E-state index is 13.4. The fraction of sp³-hybridized carbons (Fsp3) is 0.385. The smallest absolute Gasteiger partial charge is 0.244 e. The van der Waals surface area contributed by atoms with Crippen LogP contribution >= 0.6 is 0 Å². The number of aromatic nitrogens is 3. The zero-order chi connectivity index (χ0) is 23.6. The molecule has 0 bridgehead atoms. The Hall–Kier alpha value is -3.48. The number of amides is 2. The second-order valence-corrected chi connectivity index (χ2v) is 9.35. The standard InChI is InChI=1S/C26H31N5O2/c1-19-8-10-22(11-9-19)23-7-5-6-21(14-23)15-26(25(33)29(3)4)12-13-30(18-26)24(32)17-31-16-20(2)27-28-31/h5-11,14,16H,12-13,15,17-18H2,1-4H3/t26-/m0/s1. The Morgan fingerprint density at radius 2 is 1.82 bits per heavy atom. The van der Waals surface area contributed by atoms with E-state index in [1.165, 1.54) is 5.56 Å². The predicted octanol–water partition coefficient (Wildman–Crippen LogP) is 3.11. The Bertz CT molecular complexity index is 1150. The van der Waals surface area contributed by atoms with Crippen molar-refractivity contribution in [3.05, 3.63) is 71.5 Å². The van der Waals surface area contributed by atoms with Crippen LogP contribution in [0.25, 0.3) is 11.1 Å². The van der Waals surface area contributed by atoms with Gasteiger partial charge in [0.2, 0.25) is 11.8 Å². The first-order chi connectivity index (χ1) is 15.8. The minimum absolute atomic E-state index is 0.0401. The molecule has 4 rings (SSSR count). The third-order valence-electron chi connectivity index (χ3n) is 6.37. The molecular weight excluding hydrogens is 414 g/mol. The molecule has 1 aliphatic heterocycles. The van der Waals surface area contributed by atoms with Crippen LogP contribution in [0.15, 0.2) is 54.7 Å². The highest BCUT2D eigenvalue weighted by molar-refractivity contribution is 5.85. The van der Waals surface area contributed by atoms with Crippen molar-refractivity contribution in [3.8, 4) is 11.1 Å². The molecule has 7 nitrogen and oxygen atoms in total. The van der Waals surface area contributed by atoms with E-state index in [1.807, 2.05) is 13.0 Å². The average Bonchev–Trinajstić information content (AvgIpc) is 3.40. The van der Waals surface area contributed by atoms with Crippen molar-refractivity contribution in [1.82, 2.24) is 24.8 Å². The number of carbonyl (C=O) groups excluding carboxylic acids is 2. The monoisotopic (exact) mass is 445 g/mol. The Balaban J connectivity index is 1.56. The molecule has 0 aliphatic carbocycles. The zero-order valence-electron chi connectivity index (χ0n) is 19.8. The van der Waals surface area contributed by atoms with E-state index in [2.05, 4.69) is 59.7 Å². The number of aryl methyl sites for hydroxylation is 2. The van der Waals surface area contributed by atoms with E-state index >= 15 is 0 Å². The maximum atomic E-state index is 13.4. The van der Waals surface area contributed by atoms with Gasteiger partial charge in [0.25, 0.3) is 0 Å². The molecule has 33 heavy (non-hydrogen) atoms. The van der Waals surface area contributed by atoms with Gasteiger partial charge < -0.3 is 9.80 Å². The Morgan fingerprint density at radius 1 is 1.06 bits per heavy atom. The summed E-state index contributed by atoms with van der Waals surface area (Å²) in [5, 5.41) is 7.93. The van der Waals surface area contributed by atoms with E-state index in [9.17, 15) is 9.59 Å². The normalized spacial score (nSPS) is 17.9. The van der Waals surface area contributed by atoms with Gasteiger partial charge in [-0.3, -0.25) is 9.59 Å². The molecule has 0 unspecified atom stereocenters. The fourth-order valence-electron chi connectivity index (χ4n) is 4.66. The molecule has 172 valence electrons. The lowest BCUT2D eigenvalue weighted by atomic mass is 9.79. The van der Waals surface area contributed by atoms with Crippen LogP contribution in [-0.2, 0) is 22.6 Å². The van der Waals surface area contributed by atoms with E-state index in [-0.39, 0.29) is 18.4 Å². The van der Waals surface area contributed by atoms with Crippen molar-refractivity contribution in [2.75, 3.05) is 27.2 Å². The van der Waals surface area contributed by atoms with Gasteiger partial charge in [0.05, 0.1) is 11.1 Å². The summed E-state index contributed by atoms with van der Waals surface area (Å²) in [7, 11) is 3.57. The number of benzene rings is 2. The first-order valence-corrected chi connectivity index (χ1v) is 11.3. The summed E-state index contributed by atoms with van der Waals surface area (Å²) in [6.07, 6.45) is 2.99. The van der Waals surface area contributed by atoms with Crippen LogP contribution in [0.3, 0.4) is 0 Å². The van der Waals surface area contributed by atoms with E-state index in [0.29, 0.717) is 25.9 Å². The van der Waals surface area contributed by atoms with Crippen molar-refractivity contribution < 1.29 is 9.59 Å². The van der Waals surface area contributed by atoms with Crippen LogP contribution in [0.1, 0.15) is 23.2 Å². The summed E-state index contributed by atoms with van der Waals surface area (Å²) < 4.78 is 1.55. The summed E-state index contributed by atoms with van der Waals surface area (Å²) in [4.78, 5) is 29.7. The van der Waals surface area contributed by atoms with Gasteiger partial charge in [0.15, 0.2) is 0 Å². The molecule has 3 aromatic rings. The first kappa shape index (κ1) is 22.7. The molecule has 7 heteroatoms. The number of likely N-dealkylation sites (tertiary alicyclic amines) is 1. The summed E-state index contributed by atoms with van der Waals surface area (Å²) in [5.74, 6) is 0.0249. The van der Waals surface area contributed by atoms with Gasteiger partial charge in [-0.05, 0) is 43.4 Å². The van der Waals surface area contributed by atoms with Crippen molar-refractivity contribution in [2.45, 2.75) is 33.2 Å². The number of nitrogens with zero attached hydrogens (tertiary/aromatic N) is 5. The van der Waals surface area contributed by atoms with Gasteiger partial charge >= 0.3 is 0 Å². The molecule has 0 radical (unpaired) electrons.